The second-order valence-corrected chi connectivity index (χ2v) is 5.84. The van der Waals surface area contributed by atoms with Gasteiger partial charge in [-0.05, 0) is 43.7 Å². The number of aryl methyl sites for hydroxylation is 1. The van der Waals surface area contributed by atoms with E-state index in [0.29, 0.717) is 17.0 Å². The fourth-order valence-corrected chi connectivity index (χ4v) is 2.85. The Labute approximate surface area is 121 Å². The molecule has 0 saturated heterocycles. The Morgan fingerprint density at radius 1 is 1.47 bits per heavy atom. The van der Waals surface area contributed by atoms with Crippen molar-refractivity contribution in [1.29, 1.82) is 0 Å². The molecule has 0 fully saturated rings. The number of aromatic nitrogens is 1. The summed E-state index contributed by atoms with van der Waals surface area (Å²) in [6, 6.07) is 4.67. The van der Waals surface area contributed by atoms with Crippen molar-refractivity contribution in [2.24, 2.45) is 0 Å². The highest BCUT2D eigenvalue weighted by Crippen LogP contribution is 2.23. The molecule has 0 aliphatic heterocycles. The first-order chi connectivity index (χ1) is 9.10. The molecule has 1 unspecified atom stereocenters. The molecule has 1 atom stereocenters. The Morgan fingerprint density at radius 3 is 2.89 bits per heavy atom. The Morgan fingerprint density at radius 2 is 2.26 bits per heavy atom. The topological polar surface area (TPSA) is 24.9 Å². The van der Waals surface area contributed by atoms with E-state index >= 15 is 0 Å². The summed E-state index contributed by atoms with van der Waals surface area (Å²) in [4.78, 5) is 4.48. The van der Waals surface area contributed by atoms with Crippen LogP contribution in [0, 0.1) is 12.7 Å². The summed E-state index contributed by atoms with van der Waals surface area (Å²) in [5.74, 6) is -0.223. The summed E-state index contributed by atoms with van der Waals surface area (Å²) in [6.07, 6.45) is 0.545. The van der Waals surface area contributed by atoms with Crippen molar-refractivity contribution in [3.63, 3.8) is 0 Å². The molecule has 0 saturated carbocycles. The highest BCUT2D eigenvalue weighted by Gasteiger charge is 2.16. The second kappa shape index (κ2) is 6.46. The third kappa shape index (κ3) is 3.75. The van der Waals surface area contributed by atoms with Crippen LogP contribution in [0.3, 0.4) is 0 Å². The van der Waals surface area contributed by atoms with Crippen LogP contribution >= 0.6 is 22.9 Å². The van der Waals surface area contributed by atoms with Crippen LogP contribution in [0.2, 0.25) is 5.02 Å². The molecule has 1 heterocycles. The van der Waals surface area contributed by atoms with E-state index in [1.165, 1.54) is 6.07 Å². The molecule has 102 valence electrons. The van der Waals surface area contributed by atoms with E-state index in [1.807, 2.05) is 19.2 Å². The number of thiazole rings is 1. The SMILES string of the molecule is CCNC(Cc1cc(Cl)ccc1F)c1csc(C)n1. The van der Waals surface area contributed by atoms with Gasteiger partial charge in [0.2, 0.25) is 0 Å². The molecule has 0 spiro atoms. The van der Waals surface area contributed by atoms with Crippen LogP contribution in [-0.4, -0.2) is 11.5 Å². The lowest BCUT2D eigenvalue weighted by atomic mass is 10.0. The van der Waals surface area contributed by atoms with Gasteiger partial charge in [0, 0.05) is 10.4 Å². The van der Waals surface area contributed by atoms with Crippen LogP contribution in [-0.2, 0) is 6.42 Å². The smallest absolute Gasteiger partial charge is 0.126 e. The molecule has 0 aliphatic rings. The molecule has 0 bridgehead atoms. The molecule has 2 aromatic rings. The largest absolute Gasteiger partial charge is 0.309 e. The fraction of sp³-hybridized carbons (Fsp3) is 0.357. The molecule has 2 nitrogen and oxygen atoms in total. The number of rotatable bonds is 5. The molecule has 1 aromatic carbocycles. The van der Waals surface area contributed by atoms with Gasteiger partial charge in [-0.3, -0.25) is 0 Å². The maximum absolute atomic E-state index is 13.8. The quantitative estimate of drug-likeness (QED) is 0.897. The standard InChI is InChI=1S/C14H16ClFN2S/c1-3-17-13(14-8-19-9(2)18-14)7-10-6-11(15)4-5-12(10)16/h4-6,8,13,17H,3,7H2,1-2H3. The van der Waals surface area contributed by atoms with Gasteiger partial charge in [-0.1, -0.05) is 18.5 Å². The molecule has 2 rings (SSSR count). The van der Waals surface area contributed by atoms with Gasteiger partial charge in [0.1, 0.15) is 5.82 Å². The Bertz CT molecular complexity index is 556. The van der Waals surface area contributed by atoms with E-state index < -0.39 is 0 Å². The Hall–Kier alpha value is -0.970. The van der Waals surface area contributed by atoms with Gasteiger partial charge in [0.25, 0.3) is 0 Å². The number of halogens is 2. The highest BCUT2D eigenvalue weighted by molar-refractivity contribution is 7.09. The molecule has 5 heteroatoms. The molecule has 0 aliphatic carbocycles. The molecule has 0 radical (unpaired) electrons. The highest BCUT2D eigenvalue weighted by atomic mass is 35.5. The van der Waals surface area contributed by atoms with Gasteiger partial charge >= 0.3 is 0 Å². The molecular weight excluding hydrogens is 283 g/mol. The summed E-state index contributed by atoms with van der Waals surface area (Å²) in [5.41, 5.74) is 1.58. The Kier molecular flexibility index (Phi) is 4.91. The summed E-state index contributed by atoms with van der Waals surface area (Å²) < 4.78 is 13.8. The number of benzene rings is 1. The zero-order chi connectivity index (χ0) is 13.8. The maximum Gasteiger partial charge on any atom is 0.126 e. The maximum atomic E-state index is 13.8. The minimum Gasteiger partial charge on any atom is -0.309 e. The first-order valence-corrected chi connectivity index (χ1v) is 7.45. The monoisotopic (exact) mass is 298 g/mol. The zero-order valence-corrected chi connectivity index (χ0v) is 12.5. The van der Waals surface area contributed by atoms with Crippen molar-refractivity contribution >= 4 is 22.9 Å². The van der Waals surface area contributed by atoms with Crippen molar-refractivity contribution in [2.75, 3.05) is 6.54 Å². The molecule has 1 N–H and O–H groups in total. The van der Waals surface area contributed by atoms with Crippen LogP contribution in [0.4, 0.5) is 4.39 Å². The van der Waals surface area contributed by atoms with Crippen LogP contribution in [0.1, 0.15) is 29.2 Å². The fourth-order valence-electron chi connectivity index (χ4n) is 1.99. The lowest BCUT2D eigenvalue weighted by molar-refractivity contribution is 0.519. The number of hydrogen-bond acceptors (Lipinski definition) is 3. The summed E-state index contributed by atoms with van der Waals surface area (Å²) in [7, 11) is 0. The average Bonchev–Trinajstić information content (AvgIpc) is 2.80. The normalized spacial score (nSPS) is 12.6. The van der Waals surface area contributed by atoms with Crippen LogP contribution in [0.5, 0.6) is 0 Å². The van der Waals surface area contributed by atoms with E-state index in [1.54, 1.807) is 23.5 Å². The van der Waals surface area contributed by atoms with E-state index in [9.17, 15) is 4.39 Å². The predicted octanol–water partition coefficient (Wildman–Crippen LogP) is 4.14. The minimum atomic E-state index is -0.223. The van der Waals surface area contributed by atoms with Crippen LogP contribution < -0.4 is 5.32 Å². The predicted molar refractivity (Wildman–Crippen MR) is 78.4 cm³/mol. The first-order valence-electron chi connectivity index (χ1n) is 6.19. The summed E-state index contributed by atoms with van der Waals surface area (Å²) in [6.45, 7) is 4.81. The van der Waals surface area contributed by atoms with Crippen molar-refractivity contribution in [3.8, 4) is 0 Å². The molecule has 1 aromatic heterocycles. The molecule has 19 heavy (non-hydrogen) atoms. The minimum absolute atomic E-state index is 0.0166. The molecular formula is C14H16ClFN2S. The van der Waals surface area contributed by atoms with Crippen molar-refractivity contribution in [3.05, 3.63) is 50.7 Å². The number of nitrogens with zero attached hydrogens (tertiary/aromatic N) is 1. The Balaban J connectivity index is 2.23. The third-order valence-electron chi connectivity index (χ3n) is 2.88. The lowest BCUT2D eigenvalue weighted by Gasteiger charge is -2.16. The third-order valence-corrected chi connectivity index (χ3v) is 3.90. The van der Waals surface area contributed by atoms with E-state index in [-0.39, 0.29) is 11.9 Å². The van der Waals surface area contributed by atoms with E-state index in [4.69, 9.17) is 11.6 Å². The van der Waals surface area contributed by atoms with Crippen molar-refractivity contribution in [2.45, 2.75) is 26.3 Å². The van der Waals surface area contributed by atoms with E-state index in [2.05, 4.69) is 10.3 Å². The lowest BCUT2D eigenvalue weighted by Crippen LogP contribution is -2.23. The zero-order valence-electron chi connectivity index (χ0n) is 10.9. The van der Waals surface area contributed by atoms with Crippen molar-refractivity contribution < 1.29 is 4.39 Å². The van der Waals surface area contributed by atoms with Gasteiger partial charge in [-0.15, -0.1) is 11.3 Å². The van der Waals surface area contributed by atoms with Crippen molar-refractivity contribution in [1.82, 2.24) is 10.3 Å². The van der Waals surface area contributed by atoms with E-state index in [0.717, 1.165) is 17.2 Å². The average molecular weight is 299 g/mol. The second-order valence-electron chi connectivity index (χ2n) is 4.34. The first kappa shape index (κ1) is 14.4. The molecule has 0 amide bonds. The van der Waals surface area contributed by atoms with Gasteiger partial charge in [0.05, 0.1) is 16.7 Å². The number of nitrogens with one attached hydrogen (secondary N) is 1. The van der Waals surface area contributed by atoms with Gasteiger partial charge in [-0.25, -0.2) is 9.37 Å². The van der Waals surface area contributed by atoms with Crippen LogP contribution in [0.25, 0.3) is 0 Å². The number of hydrogen-bond donors (Lipinski definition) is 1. The summed E-state index contributed by atoms with van der Waals surface area (Å²) in [5, 5.41) is 6.94. The summed E-state index contributed by atoms with van der Waals surface area (Å²) >= 11 is 7.53. The van der Waals surface area contributed by atoms with Gasteiger partial charge in [0.15, 0.2) is 0 Å². The van der Waals surface area contributed by atoms with Crippen LogP contribution in [0.15, 0.2) is 23.6 Å². The van der Waals surface area contributed by atoms with Gasteiger partial charge in [-0.2, -0.15) is 0 Å². The van der Waals surface area contributed by atoms with Gasteiger partial charge < -0.3 is 5.32 Å². The number of likely N-dealkylation sites (N-methyl/N-ethyl adjacent to an activating group) is 1.